The molecule has 2 aliphatic heterocycles. The van der Waals surface area contributed by atoms with Gasteiger partial charge in [-0.15, -0.1) is 0 Å². The van der Waals surface area contributed by atoms with E-state index in [0.29, 0.717) is 18.0 Å². The Balaban J connectivity index is 1.67. The number of aromatic nitrogens is 2. The SMILES string of the molecule is COc1cccc(OC)c1CN1[C@@H]2CC[C@H]1c1cnc(C(C)C)nc1C2. The van der Waals surface area contributed by atoms with Crippen LogP contribution in [0.15, 0.2) is 24.4 Å². The van der Waals surface area contributed by atoms with Crippen molar-refractivity contribution in [3.8, 4) is 11.5 Å². The Morgan fingerprint density at radius 3 is 2.54 bits per heavy atom. The highest BCUT2D eigenvalue weighted by molar-refractivity contribution is 5.45. The molecule has 4 rings (SSSR count). The van der Waals surface area contributed by atoms with Gasteiger partial charge in [-0.2, -0.15) is 0 Å². The van der Waals surface area contributed by atoms with Crippen LogP contribution in [0.1, 0.15) is 61.3 Å². The maximum Gasteiger partial charge on any atom is 0.131 e. The Bertz CT molecular complexity index is 784. The highest BCUT2D eigenvalue weighted by atomic mass is 16.5. The minimum Gasteiger partial charge on any atom is -0.496 e. The van der Waals surface area contributed by atoms with Gasteiger partial charge in [0.25, 0.3) is 0 Å². The predicted octanol–water partition coefficient (Wildman–Crippen LogP) is 3.88. The van der Waals surface area contributed by atoms with Crippen LogP contribution in [0.25, 0.3) is 0 Å². The molecular formula is C21H27N3O2. The third-order valence-corrected chi connectivity index (χ3v) is 5.74. The molecule has 1 fully saturated rings. The zero-order valence-electron chi connectivity index (χ0n) is 16.0. The number of rotatable bonds is 5. The van der Waals surface area contributed by atoms with E-state index in [0.717, 1.165) is 35.9 Å². The topological polar surface area (TPSA) is 47.5 Å². The number of methoxy groups -OCH3 is 2. The van der Waals surface area contributed by atoms with Crippen molar-refractivity contribution in [3.05, 3.63) is 47.0 Å². The van der Waals surface area contributed by atoms with Crippen LogP contribution in [-0.4, -0.2) is 35.1 Å². The van der Waals surface area contributed by atoms with Gasteiger partial charge in [0.15, 0.2) is 0 Å². The molecule has 2 bridgehead atoms. The fourth-order valence-corrected chi connectivity index (χ4v) is 4.38. The predicted molar refractivity (Wildman–Crippen MR) is 101 cm³/mol. The van der Waals surface area contributed by atoms with Gasteiger partial charge in [-0.25, -0.2) is 9.97 Å². The maximum atomic E-state index is 5.60. The molecule has 1 aromatic carbocycles. The van der Waals surface area contributed by atoms with E-state index in [2.05, 4.69) is 29.9 Å². The second-order valence-corrected chi connectivity index (χ2v) is 7.55. The van der Waals surface area contributed by atoms with E-state index in [1.54, 1.807) is 14.2 Å². The van der Waals surface area contributed by atoms with Crippen LogP contribution >= 0.6 is 0 Å². The molecule has 0 aliphatic carbocycles. The van der Waals surface area contributed by atoms with Crippen LogP contribution in [-0.2, 0) is 13.0 Å². The first-order chi connectivity index (χ1) is 12.6. The largest absolute Gasteiger partial charge is 0.496 e. The van der Waals surface area contributed by atoms with Gasteiger partial charge in [-0.1, -0.05) is 19.9 Å². The fraction of sp³-hybridized carbons (Fsp3) is 0.524. The number of ether oxygens (including phenoxy) is 2. The summed E-state index contributed by atoms with van der Waals surface area (Å²) >= 11 is 0. The van der Waals surface area contributed by atoms with E-state index in [9.17, 15) is 0 Å². The molecule has 0 radical (unpaired) electrons. The van der Waals surface area contributed by atoms with E-state index in [1.165, 1.54) is 24.1 Å². The van der Waals surface area contributed by atoms with Crippen molar-refractivity contribution in [1.29, 1.82) is 0 Å². The molecule has 2 aromatic rings. The molecular weight excluding hydrogens is 326 g/mol. The summed E-state index contributed by atoms with van der Waals surface area (Å²) in [5.74, 6) is 3.11. The van der Waals surface area contributed by atoms with Crippen molar-refractivity contribution >= 4 is 0 Å². The van der Waals surface area contributed by atoms with Crippen molar-refractivity contribution in [3.63, 3.8) is 0 Å². The van der Waals surface area contributed by atoms with Gasteiger partial charge in [0, 0.05) is 42.7 Å². The van der Waals surface area contributed by atoms with E-state index in [-0.39, 0.29) is 0 Å². The molecule has 2 aliphatic rings. The zero-order valence-corrected chi connectivity index (χ0v) is 16.0. The van der Waals surface area contributed by atoms with Crippen LogP contribution in [0.5, 0.6) is 11.5 Å². The summed E-state index contributed by atoms with van der Waals surface area (Å²) in [6, 6.07) is 6.91. The van der Waals surface area contributed by atoms with Crippen molar-refractivity contribution in [2.24, 2.45) is 0 Å². The first-order valence-corrected chi connectivity index (χ1v) is 9.43. The molecule has 1 saturated heterocycles. The van der Waals surface area contributed by atoms with Crippen molar-refractivity contribution in [2.75, 3.05) is 14.2 Å². The molecule has 3 heterocycles. The average Bonchev–Trinajstić information content (AvgIpc) is 2.93. The molecule has 5 nitrogen and oxygen atoms in total. The lowest BCUT2D eigenvalue weighted by Crippen LogP contribution is -2.38. The molecule has 5 heteroatoms. The van der Waals surface area contributed by atoms with Crippen LogP contribution in [0.2, 0.25) is 0 Å². The van der Waals surface area contributed by atoms with Crippen LogP contribution in [0.3, 0.4) is 0 Å². The lowest BCUT2D eigenvalue weighted by atomic mass is 9.97. The van der Waals surface area contributed by atoms with E-state index >= 15 is 0 Å². The summed E-state index contributed by atoms with van der Waals surface area (Å²) in [6.45, 7) is 5.13. The summed E-state index contributed by atoms with van der Waals surface area (Å²) in [5, 5.41) is 0. The number of fused-ring (bicyclic) bond motifs is 4. The summed E-state index contributed by atoms with van der Waals surface area (Å²) in [5.41, 5.74) is 3.68. The summed E-state index contributed by atoms with van der Waals surface area (Å²) in [6.07, 6.45) is 5.44. The van der Waals surface area contributed by atoms with Gasteiger partial charge in [-0.05, 0) is 25.0 Å². The third kappa shape index (κ3) is 2.84. The smallest absolute Gasteiger partial charge is 0.131 e. The monoisotopic (exact) mass is 353 g/mol. The van der Waals surface area contributed by atoms with Crippen molar-refractivity contribution in [2.45, 2.75) is 57.7 Å². The first-order valence-electron chi connectivity index (χ1n) is 9.43. The number of hydrogen-bond donors (Lipinski definition) is 0. The highest BCUT2D eigenvalue weighted by Crippen LogP contribution is 2.45. The Kier molecular flexibility index (Phi) is 4.57. The normalized spacial score (nSPS) is 21.7. The highest BCUT2D eigenvalue weighted by Gasteiger charge is 2.41. The Hall–Kier alpha value is -2.14. The lowest BCUT2D eigenvalue weighted by Gasteiger charge is -2.36. The number of hydrogen-bond acceptors (Lipinski definition) is 5. The van der Waals surface area contributed by atoms with Crippen molar-refractivity contribution in [1.82, 2.24) is 14.9 Å². The Morgan fingerprint density at radius 2 is 1.88 bits per heavy atom. The first kappa shape index (κ1) is 17.3. The second kappa shape index (κ2) is 6.88. The standard InChI is InChI=1S/C21H27N3O2/c1-13(2)21-22-11-15-17(23-21)10-14-8-9-18(15)24(14)12-16-19(25-3)6-5-7-20(16)26-4/h5-7,11,13-14,18H,8-10,12H2,1-4H3/t14-,18+/m1/s1. The van der Waals surface area contributed by atoms with Crippen LogP contribution in [0, 0.1) is 0 Å². The minimum atomic E-state index is 0.369. The van der Waals surface area contributed by atoms with Crippen LogP contribution < -0.4 is 9.47 Å². The summed E-state index contributed by atoms with van der Waals surface area (Å²) in [4.78, 5) is 12.1. The lowest BCUT2D eigenvalue weighted by molar-refractivity contribution is 0.162. The number of nitrogens with zero attached hydrogens (tertiary/aromatic N) is 3. The molecule has 0 saturated carbocycles. The van der Waals surface area contributed by atoms with Crippen LogP contribution in [0.4, 0.5) is 0 Å². The summed E-state index contributed by atoms with van der Waals surface area (Å²) in [7, 11) is 3.44. The molecule has 138 valence electrons. The van der Waals surface area contributed by atoms with Gasteiger partial charge in [0.1, 0.15) is 17.3 Å². The molecule has 2 atom stereocenters. The van der Waals surface area contributed by atoms with Gasteiger partial charge in [0.2, 0.25) is 0 Å². The van der Waals surface area contributed by atoms with E-state index in [4.69, 9.17) is 14.5 Å². The van der Waals surface area contributed by atoms with Gasteiger partial charge in [0.05, 0.1) is 25.5 Å². The molecule has 0 spiro atoms. The van der Waals surface area contributed by atoms with Gasteiger partial charge in [-0.3, -0.25) is 4.90 Å². The molecule has 0 amide bonds. The van der Waals surface area contributed by atoms with Crippen molar-refractivity contribution < 1.29 is 9.47 Å². The summed E-state index contributed by atoms with van der Waals surface area (Å²) < 4.78 is 11.2. The third-order valence-electron chi connectivity index (χ3n) is 5.74. The Morgan fingerprint density at radius 1 is 1.15 bits per heavy atom. The van der Waals surface area contributed by atoms with Gasteiger partial charge < -0.3 is 9.47 Å². The fourth-order valence-electron chi connectivity index (χ4n) is 4.38. The Labute approximate surface area is 155 Å². The quantitative estimate of drug-likeness (QED) is 0.816. The minimum absolute atomic E-state index is 0.369. The maximum absolute atomic E-state index is 5.60. The molecule has 26 heavy (non-hydrogen) atoms. The van der Waals surface area contributed by atoms with E-state index < -0.39 is 0 Å². The average molecular weight is 353 g/mol. The number of benzene rings is 1. The molecule has 1 aromatic heterocycles. The van der Waals surface area contributed by atoms with E-state index in [1.807, 2.05) is 18.2 Å². The zero-order chi connectivity index (χ0) is 18.3. The molecule has 0 N–H and O–H groups in total. The second-order valence-electron chi connectivity index (χ2n) is 7.55. The van der Waals surface area contributed by atoms with Gasteiger partial charge >= 0.3 is 0 Å². The molecule has 0 unspecified atom stereocenters.